The van der Waals surface area contributed by atoms with E-state index in [4.69, 9.17) is 18.8 Å². The first-order valence-corrected chi connectivity index (χ1v) is 17.5. The van der Waals surface area contributed by atoms with Gasteiger partial charge in [0.05, 0.1) is 0 Å². The molecule has 52 heavy (non-hydrogen) atoms. The zero-order valence-corrected chi connectivity index (χ0v) is 27.9. The normalized spacial score (nSPS) is 11.8. The van der Waals surface area contributed by atoms with Gasteiger partial charge in [-0.25, -0.2) is 9.97 Å². The van der Waals surface area contributed by atoms with Crippen molar-refractivity contribution in [3.8, 4) is 44.9 Å². The minimum Gasteiger partial charge on any atom is -0.455 e. The van der Waals surface area contributed by atoms with E-state index in [1.165, 1.54) is 16.3 Å². The van der Waals surface area contributed by atoms with Crippen molar-refractivity contribution in [2.75, 3.05) is 0 Å². The van der Waals surface area contributed by atoms with Gasteiger partial charge in [-0.15, -0.1) is 0 Å². The van der Waals surface area contributed by atoms with E-state index in [-0.39, 0.29) is 0 Å². The maximum absolute atomic E-state index is 6.73. The van der Waals surface area contributed by atoms with E-state index in [1.54, 1.807) is 0 Å². The van der Waals surface area contributed by atoms with Gasteiger partial charge in [-0.1, -0.05) is 133 Å². The predicted octanol–water partition coefficient (Wildman–Crippen LogP) is 13.2. The van der Waals surface area contributed by atoms with Crippen LogP contribution in [0.3, 0.4) is 0 Å². The van der Waals surface area contributed by atoms with Crippen LogP contribution >= 0.6 is 0 Å². The third kappa shape index (κ3) is 4.48. The average molecular weight is 665 g/mol. The van der Waals surface area contributed by atoms with E-state index in [0.717, 1.165) is 82.7 Å². The molecule has 0 aliphatic rings. The van der Waals surface area contributed by atoms with Gasteiger partial charge in [0.15, 0.2) is 11.4 Å². The van der Waals surface area contributed by atoms with Crippen LogP contribution in [0.15, 0.2) is 179 Å². The van der Waals surface area contributed by atoms with Crippen LogP contribution in [0.4, 0.5) is 0 Å². The molecule has 0 bridgehead atoms. The van der Waals surface area contributed by atoms with Crippen molar-refractivity contribution in [1.82, 2.24) is 9.97 Å². The summed E-state index contributed by atoms with van der Waals surface area (Å²) in [5.41, 5.74) is 11.1. The molecule has 0 N–H and O–H groups in total. The fraction of sp³-hybridized carbons (Fsp3) is 0. The first-order valence-electron chi connectivity index (χ1n) is 17.5. The SMILES string of the molecule is c1ccc(-c2ccc(-c3nc(-c4cc5ccc(-c6ccc7ccccc7c6)cc5c5oc6ccccc6c45)nc4c3oc3ccccc34)cc2)cc1. The summed E-state index contributed by atoms with van der Waals surface area (Å²) in [5.74, 6) is 0.623. The zero-order chi connectivity index (χ0) is 34.2. The molecule has 3 heterocycles. The van der Waals surface area contributed by atoms with Crippen LogP contribution in [0, 0.1) is 0 Å². The lowest BCUT2D eigenvalue weighted by atomic mass is 9.95. The molecule has 0 amide bonds. The summed E-state index contributed by atoms with van der Waals surface area (Å²) < 4.78 is 13.2. The Hall–Kier alpha value is -7.04. The molecule has 0 atom stereocenters. The van der Waals surface area contributed by atoms with E-state index < -0.39 is 0 Å². The molecule has 11 aromatic rings. The van der Waals surface area contributed by atoms with E-state index in [9.17, 15) is 0 Å². The molecule has 0 spiro atoms. The van der Waals surface area contributed by atoms with Crippen molar-refractivity contribution in [3.05, 3.63) is 170 Å². The zero-order valence-electron chi connectivity index (χ0n) is 27.9. The Morgan fingerprint density at radius 1 is 0.365 bits per heavy atom. The molecule has 0 radical (unpaired) electrons. The molecule has 0 aliphatic carbocycles. The van der Waals surface area contributed by atoms with E-state index in [2.05, 4.69) is 133 Å². The fourth-order valence-electron chi connectivity index (χ4n) is 7.69. The van der Waals surface area contributed by atoms with Crippen LogP contribution in [0.2, 0.25) is 0 Å². The monoisotopic (exact) mass is 664 g/mol. The van der Waals surface area contributed by atoms with Crippen molar-refractivity contribution < 1.29 is 8.83 Å². The van der Waals surface area contributed by atoms with Gasteiger partial charge in [-0.05, 0) is 74.8 Å². The van der Waals surface area contributed by atoms with Gasteiger partial charge in [0.25, 0.3) is 0 Å². The Bertz CT molecular complexity index is 3170. The molecule has 8 aromatic carbocycles. The van der Waals surface area contributed by atoms with Crippen LogP contribution in [-0.4, -0.2) is 9.97 Å². The molecule has 0 saturated carbocycles. The maximum atomic E-state index is 6.73. The third-order valence-corrected chi connectivity index (χ3v) is 10.3. The van der Waals surface area contributed by atoms with Gasteiger partial charge >= 0.3 is 0 Å². The fourth-order valence-corrected chi connectivity index (χ4v) is 7.69. The smallest absolute Gasteiger partial charge is 0.180 e. The number of fused-ring (bicyclic) bond motifs is 9. The summed E-state index contributed by atoms with van der Waals surface area (Å²) in [6, 6.07) is 59.2. The molecule has 0 saturated heterocycles. The van der Waals surface area contributed by atoms with Crippen molar-refractivity contribution in [2.24, 2.45) is 0 Å². The van der Waals surface area contributed by atoms with Crippen molar-refractivity contribution in [3.63, 3.8) is 0 Å². The molecule has 0 unspecified atom stereocenters. The second-order valence-electron chi connectivity index (χ2n) is 13.3. The van der Waals surface area contributed by atoms with E-state index >= 15 is 0 Å². The Morgan fingerprint density at radius 3 is 1.79 bits per heavy atom. The molecule has 4 nitrogen and oxygen atoms in total. The van der Waals surface area contributed by atoms with Crippen molar-refractivity contribution in [2.45, 2.75) is 0 Å². The second-order valence-corrected chi connectivity index (χ2v) is 13.3. The van der Waals surface area contributed by atoms with Crippen molar-refractivity contribution in [1.29, 1.82) is 0 Å². The van der Waals surface area contributed by atoms with Gasteiger partial charge in [-0.3, -0.25) is 0 Å². The summed E-state index contributed by atoms with van der Waals surface area (Å²) in [6.45, 7) is 0. The van der Waals surface area contributed by atoms with E-state index in [1.807, 2.05) is 36.4 Å². The van der Waals surface area contributed by atoms with Crippen LogP contribution in [-0.2, 0) is 0 Å². The highest BCUT2D eigenvalue weighted by molar-refractivity contribution is 6.21. The van der Waals surface area contributed by atoms with Crippen LogP contribution in [0.1, 0.15) is 0 Å². The Labute approximate surface area is 298 Å². The highest BCUT2D eigenvalue weighted by atomic mass is 16.3. The third-order valence-electron chi connectivity index (χ3n) is 10.3. The topological polar surface area (TPSA) is 52.1 Å². The highest BCUT2D eigenvalue weighted by Gasteiger charge is 2.22. The van der Waals surface area contributed by atoms with Gasteiger partial charge in [0, 0.05) is 32.7 Å². The lowest BCUT2D eigenvalue weighted by molar-refractivity contribution is 0.667. The number of nitrogens with zero attached hydrogens (tertiary/aromatic N) is 2. The molecule has 11 rings (SSSR count). The van der Waals surface area contributed by atoms with Crippen LogP contribution in [0.5, 0.6) is 0 Å². The number of hydrogen-bond donors (Lipinski definition) is 0. The molecule has 3 aromatic heterocycles. The Morgan fingerprint density at radius 2 is 0.962 bits per heavy atom. The number of hydrogen-bond acceptors (Lipinski definition) is 4. The first kappa shape index (κ1) is 28.8. The summed E-state index contributed by atoms with van der Waals surface area (Å²) in [7, 11) is 0. The number of rotatable bonds is 4. The quantitative estimate of drug-likeness (QED) is 0.188. The number of para-hydroxylation sites is 2. The number of furan rings is 2. The molecule has 0 fully saturated rings. The molecule has 0 aliphatic heterocycles. The average Bonchev–Trinajstić information content (AvgIpc) is 3.80. The molecular formula is C48H28N2O2. The predicted molar refractivity (Wildman–Crippen MR) is 213 cm³/mol. The Balaban J connectivity index is 1.16. The lowest BCUT2D eigenvalue weighted by Gasteiger charge is -2.11. The largest absolute Gasteiger partial charge is 0.455 e. The van der Waals surface area contributed by atoms with Crippen LogP contribution < -0.4 is 0 Å². The summed E-state index contributed by atoms with van der Waals surface area (Å²) in [4.78, 5) is 10.6. The maximum Gasteiger partial charge on any atom is 0.180 e. The van der Waals surface area contributed by atoms with Crippen LogP contribution in [0.25, 0.3) is 110 Å². The van der Waals surface area contributed by atoms with Gasteiger partial charge in [0.1, 0.15) is 28.0 Å². The molecular weight excluding hydrogens is 637 g/mol. The van der Waals surface area contributed by atoms with Gasteiger partial charge in [0.2, 0.25) is 0 Å². The minimum atomic E-state index is 0.623. The summed E-state index contributed by atoms with van der Waals surface area (Å²) >= 11 is 0. The lowest BCUT2D eigenvalue weighted by Crippen LogP contribution is -1.95. The van der Waals surface area contributed by atoms with Gasteiger partial charge < -0.3 is 8.83 Å². The van der Waals surface area contributed by atoms with E-state index in [0.29, 0.717) is 11.4 Å². The standard InChI is InChI=1S/C48H28N2O2/c1-2-10-29(11-3-1)31-18-21-32(22-19-31)44-47-45(38-15-7-9-17-42(38)52-47)50-48(49-44)40-28-36-25-24-35(34-23-20-30-12-4-5-13-33(30)26-34)27-39(36)46-43(40)37-14-6-8-16-41(37)51-46/h1-28H. The molecule has 242 valence electrons. The highest BCUT2D eigenvalue weighted by Crippen LogP contribution is 2.43. The second kappa shape index (κ2) is 11.2. The molecule has 4 heteroatoms. The summed E-state index contributed by atoms with van der Waals surface area (Å²) in [6.07, 6.45) is 0. The summed E-state index contributed by atoms with van der Waals surface area (Å²) in [5, 5.41) is 7.53. The number of benzene rings is 8. The first-order chi connectivity index (χ1) is 25.7. The van der Waals surface area contributed by atoms with Crippen molar-refractivity contribution >= 4 is 65.6 Å². The van der Waals surface area contributed by atoms with Gasteiger partial charge in [-0.2, -0.15) is 0 Å². The minimum absolute atomic E-state index is 0.623. The Kier molecular flexibility index (Phi) is 6.22. The number of aromatic nitrogens is 2.